The summed E-state index contributed by atoms with van der Waals surface area (Å²) >= 11 is 0. The number of nitro benzene ring substituents is 1. The van der Waals surface area contributed by atoms with Crippen molar-refractivity contribution in [3.63, 3.8) is 0 Å². The predicted octanol–water partition coefficient (Wildman–Crippen LogP) is 4.40. The molecule has 0 aromatic heterocycles. The molecule has 0 heterocycles. The summed E-state index contributed by atoms with van der Waals surface area (Å²) in [7, 11) is 0. The van der Waals surface area contributed by atoms with Crippen LogP contribution in [0.4, 0.5) is 18.9 Å². The van der Waals surface area contributed by atoms with Gasteiger partial charge in [-0.15, -0.1) is 0 Å². The molecule has 0 atom stereocenters. The lowest BCUT2D eigenvalue weighted by atomic mass is 10.0. The Morgan fingerprint density at radius 2 is 1.83 bits per heavy atom. The molecule has 2 aromatic carbocycles. The molecular formula is C16H12F3NO4. The number of alkyl halides is 3. The van der Waals surface area contributed by atoms with Gasteiger partial charge in [0.25, 0.3) is 5.69 Å². The van der Waals surface area contributed by atoms with E-state index in [9.17, 15) is 28.1 Å². The van der Waals surface area contributed by atoms with Gasteiger partial charge in [0, 0.05) is 5.56 Å². The average Bonchev–Trinajstić information content (AvgIpc) is 2.51. The van der Waals surface area contributed by atoms with Gasteiger partial charge in [0.15, 0.2) is 5.78 Å². The van der Waals surface area contributed by atoms with Crippen LogP contribution in [-0.4, -0.2) is 10.7 Å². The van der Waals surface area contributed by atoms with E-state index in [0.717, 1.165) is 18.6 Å². The number of carbonyl (C=O) groups is 1. The Morgan fingerprint density at radius 3 is 2.33 bits per heavy atom. The first-order valence-electron chi connectivity index (χ1n) is 6.77. The van der Waals surface area contributed by atoms with Gasteiger partial charge >= 0.3 is 6.18 Å². The number of nitrogens with zero attached hydrogens (tertiary/aromatic N) is 1. The second kappa shape index (κ2) is 6.69. The lowest BCUT2D eigenvalue weighted by Gasteiger charge is -2.14. The second-order valence-electron chi connectivity index (χ2n) is 4.95. The molecule has 2 aromatic rings. The number of Topliss-reactive ketones (excluding diaryl/α,β-unsaturated/α-hetero) is 1. The molecule has 0 amide bonds. The van der Waals surface area contributed by atoms with Crippen molar-refractivity contribution in [2.24, 2.45) is 0 Å². The second-order valence-corrected chi connectivity index (χ2v) is 4.95. The summed E-state index contributed by atoms with van der Waals surface area (Å²) in [5.41, 5.74) is -2.84. The molecule has 0 aliphatic heterocycles. The number of ether oxygens (including phenoxy) is 1. The van der Waals surface area contributed by atoms with Crippen LogP contribution in [-0.2, 0) is 12.8 Å². The molecule has 8 heteroatoms. The van der Waals surface area contributed by atoms with Crippen molar-refractivity contribution >= 4 is 11.5 Å². The van der Waals surface area contributed by atoms with Gasteiger partial charge in [0.2, 0.25) is 0 Å². The molecule has 0 saturated carbocycles. The summed E-state index contributed by atoms with van der Waals surface area (Å²) in [6, 6.07) is 10.3. The fourth-order valence-electron chi connectivity index (χ4n) is 2.14. The van der Waals surface area contributed by atoms with Gasteiger partial charge < -0.3 is 4.74 Å². The van der Waals surface area contributed by atoms with Crippen LogP contribution in [0.25, 0.3) is 0 Å². The maximum absolute atomic E-state index is 13.1. The van der Waals surface area contributed by atoms with Crippen LogP contribution >= 0.6 is 0 Å². The maximum Gasteiger partial charge on any atom is 0.423 e. The summed E-state index contributed by atoms with van der Waals surface area (Å²) in [5, 5.41) is 11.0. The topological polar surface area (TPSA) is 69.4 Å². The molecule has 0 fully saturated rings. The standard InChI is InChI=1S/C16H12F3NO4/c1-10(21)13-7-12(24-9-11-5-3-2-4-6-11)8-14(20(22)23)15(13)16(17,18)19/h2-8H,9H2,1H3. The number of hydrogen-bond acceptors (Lipinski definition) is 4. The monoisotopic (exact) mass is 339 g/mol. The lowest BCUT2D eigenvalue weighted by Crippen LogP contribution is -2.15. The summed E-state index contributed by atoms with van der Waals surface area (Å²) in [6.07, 6.45) is -5.03. The molecule has 0 N–H and O–H groups in total. The highest BCUT2D eigenvalue weighted by molar-refractivity contribution is 5.97. The third-order valence-electron chi connectivity index (χ3n) is 3.20. The highest BCUT2D eigenvalue weighted by Gasteiger charge is 2.42. The third kappa shape index (κ3) is 3.89. The molecule has 0 bridgehead atoms. The molecule has 0 saturated heterocycles. The van der Waals surface area contributed by atoms with Crippen molar-refractivity contribution < 1.29 is 27.6 Å². The predicted molar refractivity (Wildman–Crippen MR) is 78.9 cm³/mol. The quantitative estimate of drug-likeness (QED) is 0.460. The number of halogens is 3. The van der Waals surface area contributed by atoms with E-state index in [4.69, 9.17) is 4.74 Å². The van der Waals surface area contributed by atoms with Crippen LogP contribution in [0.3, 0.4) is 0 Å². The number of benzene rings is 2. The first-order chi connectivity index (χ1) is 11.2. The fraction of sp³-hybridized carbons (Fsp3) is 0.188. The van der Waals surface area contributed by atoms with Crippen LogP contribution < -0.4 is 4.74 Å². The van der Waals surface area contributed by atoms with E-state index in [-0.39, 0.29) is 12.4 Å². The van der Waals surface area contributed by atoms with Crippen LogP contribution in [0.5, 0.6) is 5.75 Å². The van der Waals surface area contributed by atoms with Gasteiger partial charge in [-0.25, -0.2) is 0 Å². The zero-order chi connectivity index (χ0) is 17.9. The summed E-state index contributed by atoms with van der Waals surface area (Å²) in [5.74, 6) is -1.11. The summed E-state index contributed by atoms with van der Waals surface area (Å²) in [4.78, 5) is 21.4. The minimum absolute atomic E-state index is 0.000698. The van der Waals surface area contributed by atoms with Crippen molar-refractivity contribution in [3.05, 3.63) is 69.3 Å². The first-order valence-corrected chi connectivity index (χ1v) is 6.77. The Labute approximate surface area is 134 Å². The molecule has 0 aliphatic rings. The number of hydrogen-bond donors (Lipinski definition) is 0. The first kappa shape index (κ1) is 17.5. The minimum Gasteiger partial charge on any atom is -0.489 e. The molecule has 0 aliphatic carbocycles. The van der Waals surface area contributed by atoms with E-state index in [1.54, 1.807) is 30.3 Å². The van der Waals surface area contributed by atoms with E-state index in [2.05, 4.69) is 0 Å². The normalized spacial score (nSPS) is 11.2. The molecule has 2 rings (SSSR count). The van der Waals surface area contributed by atoms with Crippen LogP contribution in [0.2, 0.25) is 0 Å². The number of carbonyl (C=O) groups excluding carboxylic acids is 1. The average molecular weight is 339 g/mol. The largest absolute Gasteiger partial charge is 0.489 e. The van der Waals surface area contributed by atoms with Crippen molar-refractivity contribution in [1.82, 2.24) is 0 Å². The van der Waals surface area contributed by atoms with Gasteiger partial charge in [-0.05, 0) is 18.6 Å². The van der Waals surface area contributed by atoms with E-state index in [1.807, 2.05) is 0 Å². The summed E-state index contributed by atoms with van der Waals surface area (Å²) < 4.78 is 44.7. The highest BCUT2D eigenvalue weighted by atomic mass is 19.4. The fourth-order valence-corrected chi connectivity index (χ4v) is 2.14. The maximum atomic E-state index is 13.1. The zero-order valence-corrected chi connectivity index (χ0v) is 12.5. The van der Waals surface area contributed by atoms with Crippen molar-refractivity contribution in [2.45, 2.75) is 19.7 Å². The molecule has 24 heavy (non-hydrogen) atoms. The van der Waals surface area contributed by atoms with Crippen molar-refractivity contribution in [3.8, 4) is 5.75 Å². The van der Waals surface area contributed by atoms with E-state index < -0.39 is 33.7 Å². The Kier molecular flexibility index (Phi) is 4.87. The lowest BCUT2D eigenvalue weighted by molar-refractivity contribution is -0.388. The van der Waals surface area contributed by atoms with Crippen molar-refractivity contribution in [2.75, 3.05) is 0 Å². The van der Waals surface area contributed by atoms with Crippen molar-refractivity contribution in [1.29, 1.82) is 0 Å². The molecular weight excluding hydrogens is 327 g/mol. The zero-order valence-electron chi connectivity index (χ0n) is 12.5. The van der Waals surface area contributed by atoms with Crippen LogP contribution in [0, 0.1) is 10.1 Å². The third-order valence-corrected chi connectivity index (χ3v) is 3.20. The molecule has 0 radical (unpaired) electrons. The van der Waals surface area contributed by atoms with Gasteiger partial charge in [0.1, 0.15) is 17.9 Å². The molecule has 5 nitrogen and oxygen atoms in total. The van der Waals surface area contributed by atoms with Gasteiger partial charge in [-0.2, -0.15) is 13.2 Å². The highest BCUT2D eigenvalue weighted by Crippen LogP contribution is 2.41. The number of nitro groups is 1. The Hall–Kier alpha value is -2.90. The van der Waals surface area contributed by atoms with Crippen LogP contribution in [0.1, 0.15) is 28.4 Å². The van der Waals surface area contributed by atoms with Gasteiger partial charge in [-0.1, -0.05) is 30.3 Å². The molecule has 0 spiro atoms. The molecule has 0 unspecified atom stereocenters. The van der Waals surface area contributed by atoms with Crippen LogP contribution in [0.15, 0.2) is 42.5 Å². The minimum atomic E-state index is -5.03. The van der Waals surface area contributed by atoms with Gasteiger partial charge in [0.05, 0.1) is 11.0 Å². The Morgan fingerprint density at radius 1 is 1.21 bits per heavy atom. The van der Waals surface area contributed by atoms with E-state index in [1.165, 1.54) is 0 Å². The summed E-state index contributed by atoms with van der Waals surface area (Å²) in [6.45, 7) is 0.913. The Balaban J connectivity index is 2.47. The smallest absolute Gasteiger partial charge is 0.423 e. The SMILES string of the molecule is CC(=O)c1cc(OCc2ccccc2)cc([N+](=O)[O-])c1C(F)(F)F. The van der Waals surface area contributed by atoms with Gasteiger partial charge in [-0.3, -0.25) is 14.9 Å². The van der Waals surface area contributed by atoms with E-state index in [0.29, 0.717) is 6.07 Å². The Bertz CT molecular complexity index is 738. The van der Waals surface area contributed by atoms with E-state index >= 15 is 0 Å². The molecule has 126 valence electrons. The number of ketones is 1. The number of rotatable bonds is 5.